The SMILES string of the molecule is COc1cccc(CC(=O)N(C)C2CCCC2CN)c1. The summed E-state index contributed by atoms with van der Waals surface area (Å²) in [4.78, 5) is 14.3. The first kappa shape index (κ1) is 14.9. The third kappa shape index (κ3) is 3.31. The molecular weight excluding hydrogens is 252 g/mol. The van der Waals surface area contributed by atoms with Gasteiger partial charge in [0.05, 0.1) is 13.5 Å². The zero-order valence-electron chi connectivity index (χ0n) is 12.3. The van der Waals surface area contributed by atoms with Gasteiger partial charge in [0.25, 0.3) is 0 Å². The summed E-state index contributed by atoms with van der Waals surface area (Å²) in [6.45, 7) is 0.668. The Kier molecular flexibility index (Phi) is 5.01. The number of ether oxygens (including phenoxy) is 1. The highest BCUT2D eigenvalue weighted by atomic mass is 16.5. The predicted molar refractivity (Wildman–Crippen MR) is 79.7 cm³/mol. The van der Waals surface area contributed by atoms with E-state index >= 15 is 0 Å². The van der Waals surface area contributed by atoms with Crippen LogP contribution in [-0.2, 0) is 11.2 Å². The smallest absolute Gasteiger partial charge is 0.226 e. The zero-order chi connectivity index (χ0) is 14.5. The molecule has 0 aromatic heterocycles. The second-order valence-electron chi connectivity index (χ2n) is 5.53. The number of carbonyl (C=O) groups excluding carboxylic acids is 1. The largest absolute Gasteiger partial charge is 0.497 e. The van der Waals surface area contributed by atoms with Gasteiger partial charge in [-0.3, -0.25) is 4.79 Å². The molecule has 1 aliphatic carbocycles. The van der Waals surface area contributed by atoms with Crippen molar-refractivity contribution < 1.29 is 9.53 Å². The molecule has 0 heterocycles. The van der Waals surface area contributed by atoms with Crippen LogP contribution in [-0.4, -0.2) is 37.6 Å². The fourth-order valence-corrected chi connectivity index (χ4v) is 3.07. The molecular formula is C16H24N2O2. The van der Waals surface area contributed by atoms with Gasteiger partial charge >= 0.3 is 0 Å². The third-order valence-electron chi connectivity index (χ3n) is 4.30. The summed E-state index contributed by atoms with van der Waals surface area (Å²) in [5, 5.41) is 0. The Labute approximate surface area is 120 Å². The fraction of sp³-hybridized carbons (Fsp3) is 0.562. The Bertz CT molecular complexity index is 462. The second-order valence-corrected chi connectivity index (χ2v) is 5.53. The van der Waals surface area contributed by atoms with Crippen molar-refractivity contribution in [3.05, 3.63) is 29.8 Å². The molecule has 4 heteroatoms. The average Bonchev–Trinajstić information content (AvgIpc) is 2.95. The Balaban J connectivity index is 2.00. The molecule has 2 N–H and O–H groups in total. The maximum absolute atomic E-state index is 12.4. The van der Waals surface area contributed by atoms with Crippen LogP contribution in [0.2, 0.25) is 0 Å². The van der Waals surface area contributed by atoms with Crippen LogP contribution in [0.1, 0.15) is 24.8 Å². The summed E-state index contributed by atoms with van der Waals surface area (Å²) in [6.07, 6.45) is 3.80. The summed E-state index contributed by atoms with van der Waals surface area (Å²) in [7, 11) is 3.54. The van der Waals surface area contributed by atoms with Gasteiger partial charge in [0.1, 0.15) is 5.75 Å². The first-order valence-electron chi connectivity index (χ1n) is 7.24. The summed E-state index contributed by atoms with van der Waals surface area (Å²) < 4.78 is 5.19. The van der Waals surface area contributed by atoms with Crippen LogP contribution in [0, 0.1) is 5.92 Å². The minimum absolute atomic E-state index is 0.156. The number of rotatable bonds is 5. The van der Waals surface area contributed by atoms with Crippen LogP contribution in [0.3, 0.4) is 0 Å². The highest BCUT2D eigenvalue weighted by molar-refractivity contribution is 5.79. The molecule has 0 spiro atoms. The zero-order valence-corrected chi connectivity index (χ0v) is 12.3. The van der Waals surface area contributed by atoms with E-state index in [2.05, 4.69) is 0 Å². The van der Waals surface area contributed by atoms with E-state index < -0.39 is 0 Å². The monoisotopic (exact) mass is 276 g/mol. The van der Waals surface area contributed by atoms with Gasteiger partial charge in [-0.15, -0.1) is 0 Å². The van der Waals surface area contributed by atoms with E-state index in [1.165, 1.54) is 6.42 Å². The molecule has 1 saturated carbocycles. The number of benzene rings is 1. The average molecular weight is 276 g/mol. The van der Waals surface area contributed by atoms with E-state index in [9.17, 15) is 4.79 Å². The van der Waals surface area contributed by atoms with Crippen molar-refractivity contribution in [3.63, 3.8) is 0 Å². The molecule has 1 aromatic carbocycles. The highest BCUT2D eigenvalue weighted by Crippen LogP contribution is 2.29. The molecule has 110 valence electrons. The van der Waals surface area contributed by atoms with Crippen LogP contribution in [0.4, 0.5) is 0 Å². The van der Waals surface area contributed by atoms with Gasteiger partial charge in [-0.05, 0) is 43.0 Å². The number of hydrogen-bond acceptors (Lipinski definition) is 3. The first-order chi connectivity index (χ1) is 9.65. The quantitative estimate of drug-likeness (QED) is 0.892. The minimum Gasteiger partial charge on any atom is -0.497 e. The summed E-state index contributed by atoms with van der Waals surface area (Å²) in [5.74, 6) is 1.40. The molecule has 0 aliphatic heterocycles. The molecule has 0 saturated heterocycles. The summed E-state index contributed by atoms with van der Waals surface area (Å²) in [5.41, 5.74) is 6.79. The van der Waals surface area contributed by atoms with E-state index in [-0.39, 0.29) is 5.91 Å². The number of nitrogens with two attached hydrogens (primary N) is 1. The predicted octanol–water partition coefficient (Wildman–Crippen LogP) is 1.82. The van der Waals surface area contributed by atoms with E-state index in [4.69, 9.17) is 10.5 Å². The van der Waals surface area contributed by atoms with Crippen LogP contribution in [0.25, 0.3) is 0 Å². The van der Waals surface area contributed by atoms with Crippen LogP contribution >= 0.6 is 0 Å². The van der Waals surface area contributed by atoms with Gasteiger partial charge in [0.15, 0.2) is 0 Å². The Hall–Kier alpha value is -1.55. The van der Waals surface area contributed by atoms with Gasteiger partial charge in [-0.2, -0.15) is 0 Å². The van der Waals surface area contributed by atoms with Gasteiger partial charge < -0.3 is 15.4 Å². The van der Waals surface area contributed by atoms with Crippen molar-refractivity contribution in [3.8, 4) is 5.75 Å². The molecule has 2 atom stereocenters. The van der Waals surface area contributed by atoms with Gasteiger partial charge in [-0.1, -0.05) is 18.6 Å². The molecule has 0 radical (unpaired) electrons. The lowest BCUT2D eigenvalue weighted by Crippen LogP contribution is -2.42. The standard InChI is InChI=1S/C16H24N2O2/c1-18(15-8-4-6-13(15)11-17)16(19)10-12-5-3-7-14(9-12)20-2/h3,5,7,9,13,15H,4,6,8,10-11,17H2,1-2H3. The topological polar surface area (TPSA) is 55.6 Å². The molecule has 1 amide bonds. The van der Waals surface area contributed by atoms with Crippen molar-refractivity contribution in [1.82, 2.24) is 4.90 Å². The number of methoxy groups -OCH3 is 1. The van der Waals surface area contributed by atoms with Gasteiger partial charge in [-0.25, -0.2) is 0 Å². The van der Waals surface area contributed by atoms with Crippen LogP contribution < -0.4 is 10.5 Å². The van der Waals surface area contributed by atoms with Crippen molar-refractivity contribution in [1.29, 1.82) is 0 Å². The number of nitrogens with zero attached hydrogens (tertiary/aromatic N) is 1. The van der Waals surface area contributed by atoms with Gasteiger partial charge in [0.2, 0.25) is 5.91 Å². The van der Waals surface area contributed by atoms with Crippen molar-refractivity contribution >= 4 is 5.91 Å². The molecule has 1 aliphatic rings. The second kappa shape index (κ2) is 6.75. The highest BCUT2D eigenvalue weighted by Gasteiger charge is 2.31. The molecule has 20 heavy (non-hydrogen) atoms. The number of amides is 1. The van der Waals surface area contributed by atoms with E-state index in [1.807, 2.05) is 36.2 Å². The van der Waals surface area contributed by atoms with E-state index in [0.29, 0.717) is 24.9 Å². The van der Waals surface area contributed by atoms with Crippen molar-refractivity contribution in [2.75, 3.05) is 20.7 Å². The molecule has 4 nitrogen and oxygen atoms in total. The lowest BCUT2D eigenvalue weighted by molar-refractivity contribution is -0.131. The first-order valence-corrected chi connectivity index (χ1v) is 7.24. The minimum atomic E-state index is 0.156. The Morgan fingerprint density at radius 1 is 1.45 bits per heavy atom. The van der Waals surface area contributed by atoms with Crippen LogP contribution in [0.5, 0.6) is 5.75 Å². The molecule has 0 bridgehead atoms. The molecule has 2 rings (SSSR count). The Morgan fingerprint density at radius 3 is 2.95 bits per heavy atom. The maximum Gasteiger partial charge on any atom is 0.226 e. The summed E-state index contributed by atoms with van der Waals surface area (Å²) >= 11 is 0. The van der Waals surface area contributed by atoms with Gasteiger partial charge in [0, 0.05) is 13.1 Å². The third-order valence-corrected chi connectivity index (χ3v) is 4.30. The van der Waals surface area contributed by atoms with E-state index in [0.717, 1.165) is 24.2 Å². The normalized spacial score (nSPS) is 21.8. The summed E-state index contributed by atoms with van der Waals surface area (Å²) in [6, 6.07) is 7.99. The molecule has 1 aromatic rings. The number of carbonyl (C=O) groups is 1. The number of likely N-dealkylation sites (N-methyl/N-ethyl adjacent to an activating group) is 1. The van der Waals surface area contributed by atoms with Crippen LogP contribution in [0.15, 0.2) is 24.3 Å². The molecule has 1 fully saturated rings. The molecule has 2 unspecified atom stereocenters. The Morgan fingerprint density at radius 2 is 2.25 bits per heavy atom. The lowest BCUT2D eigenvalue weighted by atomic mass is 10.0. The fourth-order valence-electron chi connectivity index (χ4n) is 3.07. The number of hydrogen-bond donors (Lipinski definition) is 1. The van der Waals surface area contributed by atoms with Crippen molar-refractivity contribution in [2.45, 2.75) is 31.7 Å². The lowest BCUT2D eigenvalue weighted by Gasteiger charge is -2.29. The van der Waals surface area contributed by atoms with E-state index in [1.54, 1.807) is 7.11 Å². The maximum atomic E-state index is 12.4. The van der Waals surface area contributed by atoms with Crippen molar-refractivity contribution in [2.24, 2.45) is 11.7 Å².